The van der Waals surface area contributed by atoms with Crippen molar-refractivity contribution in [3.8, 4) is 0 Å². The summed E-state index contributed by atoms with van der Waals surface area (Å²) in [6.07, 6.45) is 3.38. The molecule has 0 aliphatic carbocycles. The Hall–Kier alpha value is -1.32. The van der Waals surface area contributed by atoms with Gasteiger partial charge in [0, 0.05) is 12.2 Å². The van der Waals surface area contributed by atoms with E-state index in [-0.39, 0.29) is 11.9 Å². The van der Waals surface area contributed by atoms with Crippen molar-refractivity contribution in [3.05, 3.63) is 17.5 Å². The van der Waals surface area contributed by atoms with Crippen molar-refractivity contribution < 1.29 is 4.79 Å². The Morgan fingerprint density at radius 1 is 1.47 bits per heavy atom. The largest absolute Gasteiger partial charge is 0.354 e. The fourth-order valence-corrected chi connectivity index (χ4v) is 1.88. The third-order valence-electron chi connectivity index (χ3n) is 2.87. The van der Waals surface area contributed by atoms with Crippen molar-refractivity contribution in [2.24, 2.45) is 0 Å². The maximum absolute atomic E-state index is 11.9. The first-order chi connectivity index (χ1) is 8.06. The summed E-state index contributed by atoms with van der Waals surface area (Å²) >= 11 is 0. The number of rotatable bonds is 6. The molecule has 1 unspecified atom stereocenters. The van der Waals surface area contributed by atoms with Gasteiger partial charge in [0.2, 0.25) is 5.91 Å². The Bertz CT molecular complexity index is 371. The molecule has 0 spiro atoms. The molecular formula is C13H23N3O. The zero-order valence-corrected chi connectivity index (χ0v) is 11.3. The number of carbonyl (C=O) groups is 1. The normalized spacial score (nSPS) is 12.5. The maximum atomic E-state index is 11.9. The van der Waals surface area contributed by atoms with Crippen LogP contribution in [-0.4, -0.2) is 22.2 Å². The molecule has 0 bridgehead atoms. The van der Waals surface area contributed by atoms with Crippen LogP contribution in [0.3, 0.4) is 0 Å². The molecule has 96 valence electrons. The number of nitrogens with zero attached hydrogens (tertiary/aromatic N) is 2. The van der Waals surface area contributed by atoms with E-state index in [2.05, 4.69) is 17.3 Å². The van der Waals surface area contributed by atoms with E-state index >= 15 is 0 Å². The molecular weight excluding hydrogens is 214 g/mol. The number of hydrogen-bond donors (Lipinski definition) is 1. The highest BCUT2D eigenvalue weighted by Crippen LogP contribution is 2.10. The zero-order chi connectivity index (χ0) is 12.8. The smallest absolute Gasteiger partial charge is 0.244 e. The predicted octanol–water partition coefficient (Wildman–Crippen LogP) is 2.37. The van der Waals surface area contributed by atoms with Gasteiger partial charge in [0.05, 0.1) is 5.69 Å². The van der Waals surface area contributed by atoms with Crippen LogP contribution in [0.4, 0.5) is 0 Å². The molecule has 1 atom stereocenters. The monoisotopic (exact) mass is 237 g/mol. The summed E-state index contributed by atoms with van der Waals surface area (Å²) in [7, 11) is 0. The number of amides is 1. The molecule has 4 nitrogen and oxygen atoms in total. The van der Waals surface area contributed by atoms with Gasteiger partial charge < -0.3 is 5.32 Å². The first kappa shape index (κ1) is 13.7. The van der Waals surface area contributed by atoms with Gasteiger partial charge in [0.25, 0.3) is 0 Å². The molecule has 1 heterocycles. The van der Waals surface area contributed by atoms with Crippen LogP contribution in [0.1, 0.15) is 50.5 Å². The van der Waals surface area contributed by atoms with E-state index in [4.69, 9.17) is 0 Å². The van der Waals surface area contributed by atoms with Gasteiger partial charge in [-0.2, -0.15) is 5.10 Å². The highest BCUT2D eigenvalue weighted by atomic mass is 16.2. The van der Waals surface area contributed by atoms with Crippen molar-refractivity contribution in [1.82, 2.24) is 15.1 Å². The molecule has 0 fully saturated rings. The zero-order valence-electron chi connectivity index (χ0n) is 11.3. The van der Waals surface area contributed by atoms with Crippen molar-refractivity contribution >= 4 is 5.91 Å². The molecule has 1 aromatic heterocycles. The van der Waals surface area contributed by atoms with Crippen molar-refractivity contribution in [1.29, 1.82) is 0 Å². The summed E-state index contributed by atoms with van der Waals surface area (Å²) in [5.74, 6) is 0.0484. The van der Waals surface area contributed by atoms with Crippen LogP contribution in [0.5, 0.6) is 0 Å². The second-order valence-electron chi connectivity index (χ2n) is 4.55. The fourth-order valence-electron chi connectivity index (χ4n) is 1.88. The lowest BCUT2D eigenvalue weighted by molar-refractivity contribution is -0.124. The van der Waals surface area contributed by atoms with Gasteiger partial charge in [-0.25, -0.2) is 0 Å². The van der Waals surface area contributed by atoms with E-state index in [1.54, 1.807) is 4.68 Å². The van der Waals surface area contributed by atoms with Gasteiger partial charge >= 0.3 is 0 Å². The van der Waals surface area contributed by atoms with Gasteiger partial charge in [0.15, 0.2) is 0 Å². The number of nitrogens with one attached hydrogen (secondary N) is 1. The average Bonchev–Trinajstić information content (AvgIpc) is 2.62. The minimum atomic E-state index is -0.231. The van der Waals surface area contributed by atoms with E-state index in [9.17, 15) is 4.79 Å². The van der Waals surface area contributed by atoms with Crippen molar-refractivity contribution in [2.75, 3.05) is 6.54 Å². The Morgan fingerprint density at radius 3 is 2.71 bits per heavy atom. The summed E-state index contributed by atoms with van der Waals surface area (Å²) in [4.78, 5) is 11.9. The number of hydrogen-bond acceptors (Lipinski definition) is 2. The number of aryl methyl sites for hydroxylation is 2. The fraction of sp³-hybridized carbons (Fsp3) is 0.692. The lowest BCUT2D eigenvalue weighted by atomic mass is 10.2. The van der Waals surface area contributed by atoms with Gasteiger partial charge in [-0.05, 0) is 33.3 Å². The Labute approximate surface area is 103 Å². The predicted molar refractivity (Wildman–Crippen MR) is 68.9 cm³/mol. The molecule has 1 amide bonds. The first-order valence-electron chi connectivity index (χ1n) is 6.36. The van der Waals surface area contributed by atoms with Gasteiger partial charge in [-0.15, -0.1) is 0 Å². The van der Waals surface area contributed by atoms with E-state index in [0.29, 0.717) is 0 Å². The molecule has 0 saturated carbocycles. The van der Waals surface area contributed by atoms with E-state index in [1.165, 1.54) is 6.42 Å². The third-order valence-corrected chi connectivity index (χ3v) is 2.87. The molecule has 1 N–H and O–H groups in total. The lowest BCUT2D eigenvalue weighted by Crippen LogP contribution is -2.32. The van der Waals surface area contributed by atoms with Crippen molar-refractivity contribution in [2.45, 2.75) is 53.0 Å². The van der Waals surface area contributed by atoms with Gasteiger partial charge in [0.1, 0.15) is 6.04 Å². The average molecular weight is 237 g/mol. The molecule has 1 rings (SSSR count). The van der Waals surface area contributed by atoms with Crippen LogP contribution in [-0.2, 0) is 4.79 Å². The second kappa shape index (κ2) is 6.42. The Morgan fingerprint density at radius 2 is 2.18 bits per heavy atom. The molecule has 0 aliphatic rings. The van der Waals surface area contributed by atoms with Crippen molar-refractivity contribution in [3.63, 3.8) is 0 Å². The minimum Gasteiger partial charge on any atom is -0.354 e. The summed E-state index contributed by atoms with van der Waals surface area (Å²) in [6.45, 7) is 8.71. The summed E-state index contributed by atoms with van der Waals surface area (Å²) < 4.78 is 1.78. The molecule has 1 aromatic rings. The SMILES string of the molecule is CCCCCNC(=O)C(C)n1nc(C)cc1C. The summed E-state index contributed by atoms with van der Waals surface area (Å²) in [5.41, 5.74) is 1.98. The van der Waals surface area contributed by atoms with E-state index in [1.807, 2.05) is 26.8 Å². The van der Waals surface area contributed by atoms with Crippen LogP contribution in [0.25, 0.3) is 0 Å². The van der Waals surface area contributed by atoms with Crippen LogP contribution < -0.4 is 5.32 Å². The van der Waals surface area contributed by atoms with Crippen LogP contribution >= 0.6 is 0 Å². The highest BCUT2D eigenvalue weighted by Gasteiger charge is 2.16. The highest BCUT2D eigenvalue weighted by molar-refractivity contribution is 5.79. The lowest BCUT2D eigenvalue weighted by Gasteiger charge is -2.14. The third kappa shape index (κ3) is 3.88. The van der Waals surface area contributed by atoms with Gasteiger partial charge in [-0.3, -0.25) is 9.48 Å². The topological polar surface area (TPSA) is 46.9 Å². The minimum absolute atomic E-state index is 0.0484. The molecule has 4 heteroatoms. The van der Waals surface area contributed by atoms with E-state index < -0.39 is 0 Å². The molecule has 17 heavy (non-hydrogen) atoms. The van der Waals surface area contributed by atoms with Gasteiger partial charge in [-0.1, -0.05) is 19.8 Å². The maximum Gasteiger partial charge on any atom is 0.244 e. The quantitative estimate of drug-likeness (QED) is 0.772. The summed E-state index contributed by atoms with van der Waals surface area (Å²) in [6, 6.07) is 1.76. The number of aromatic nitrogens is 2. The second-order valence-corrected chi connectivity index (χ2v) is 4.55. The molecule has 0 radical (unpaired) electrons. The first-order valence-corrected chi connectivity index (χ1v) is 6.36. The van der Waals surface area contributed by atoms with Crippen LogP contribution in [0, 0.1) is 13.8 Å². The molecule has 0 saturated heterocycles. The van der Waals surface area contributed by atoms with Crippen LogP contribution in [0.2, 0.25) is 0 Å². The standard InChI is InChI=1S/C13H23N3O/c1-5-6-7-8-14-13(17)12(4)16-11(3)9-10(2)15-16/h9,12H,5-8H2,1-4H3,(H,14,17). The molecule has 0 aliphatic heterocycles. The molecule has 0 aromatic carbocycles. The van der Waals surface area contributed by atoms with E-state index in [0.717, 1.165) is 30.8 Å². The summed E-state index contributed by atoms with van der Waals surface area (Å²) in [5, 5.41) is 7.28. The van der Waals surface area contributed by atoms with Crippen LogP contribution in [0.15, 0.2) is 6.07 Å². The Kier molecular flexibility index (Phi) is 5.19. The Balaban J connectivity index is 2.49. The number of unbranched alkanes of at least 4 members (excludes halogenated alkanes) is 2. The number of carbonyl (C=O) groups excluding carboxylic acids is 1.